The number of aromatic carboxylic acids is 1. The van der Waals surface area contributed by atoms with Crippen LogP contribution in [0.15, 0.2) is 54.3 Å². The molecule has 0 radical (unpaired) electrons. The van der Waals surface area contributed by atoms with Crippen molar-refractivity contribution in [2.24, 2.45) is 11.8 Å². The first-order chi connectivity index (χ1) is 14.3. The molecule has 3 rings (SSSR count). The predicted molar refractivity (Wildman–Crippen MR) is 123 cm³/mol. The first-order valence-corrected chi connectivity index (χ1v) is 11.3. The van der Waals surface area contributed by atoms with Crippen molar-refractivity contribution in [1.82, 2.24) is 0 Å². The molecule has 1 amide bonds. The standard InChI is InChI=1S/C25H29NO3S/c1-5-19(20-14-10-9-11-17(20)4)24(27)26(16(2)3)21-15-22(30-23(21)25(28)29)18-12-7-6-8-13-18/h6-8,12-13,15-17,20H,1,9-11,14H2,2-4H3,(H,28,29). The molecule has 1 aromatic carbocycles. The molecule has 1 aromatic heterocycles. The van der Waals surface area contributed by atoms with Gasteiger partial charge in [-0.05, 0) is 43.7 Å². The number of carbonyl (C=O) groups excluding carboxylic acids is 1. The second kappa shape index (κ2) is 9.46. The van der Waals surface area contributed by atoms with E-state index in [4.69, 9.17) is 0 Å². The summed E-state index contributed by atoms with van der Waals surface area (Å²) in [7, 11) is 0. The van der Waals surface area contributed by atoms with Gasteiger partial charge in [-0.15, -0.1) is 17.1 Å². The molecule has 1 heterocycles. The highest BCUT2D eigenvalue weighted by atomic mass is 32.1. The highest BCUT2D eigenvalue weighted by molar-refractivity contribution is 7.18. The molecule has 1 aliphatic carbocycles. The van der Waals surface area contributed by atoms with Crippen LogP contribution in [-0.4, -0.2) is 23.0 Å². The number of rotatable bonds is 6. The van der Waals surface area contributed by atoms with E-state index in [1.807, 2.05) is 50.2 Å². The lowest BCUT2D eigenvalue weighted by atomic mass is 9.76. The van der Waals surface area contributed by atoms with Crippen molar-refractivity contribution in [3.63, 3.8) is 0 Å². The number of thiophene rings is 1. The Morgan fingerprint density at radius 3 is 2.43 bits per heavy atom. The van der Waals surface area contributed by atoms with E-state index in [9.17, 15) is 14.7 Å². The third-order valence-corrected chi connectivity index (χ3v) is 7.02. The lowest BCUT2D eigenvalue weighted by molar-refractivity contribution is -0.116. The summed E-state index contributed by atoms with van der Waals surface area (Å²) in [5, 5.41) is 9.86. The lowest BCUT2D eigenvalue weighted by Crippen LogP contribution is -2.41. The summed E-state index contributed by atoms with van der Waals surface area (Å²) >= 11 is 1.20. The molecule has 4 nitrogen and oxygen atoms in total. The normalized spacial score (nSPS) is 18.7. The fourth-order valence-corrected chi connectivity index (χ4v) is 5.31. The van der Waals surface area contributed by atoms with Gasteiger partial charge >= 0.3 is 5.97 Å². The maximum absolute atomic E-state index is 13.7. The molecular weight excluding hydrogens is 394 g/mol. The Balaban J connectivity index is 2.05. The molecule has 0 aliphatic heterocycles. The van der Waals surface area contributed by atoms with Gasteiger partial charge in [0.15, 0.2) is 0 Å². The largest absolute Gasteiger partial charge is 0.477 e. The van der Waals surface area contributed by atoms with E-state index in [-0.39, 0.29) is 22.7 Å². The Hall–Kier alpha value is -2.62. The Morgan fingerprint density at radius 2 is 1.87 bits per heavy atom. The minimum Gasteiger partial charge on any atom is -0.477 e. The zero-order chi connectivity index (χ0) is 21.8. The van der Waals surface area contributed by atoms with Crippen LogP contribution in [0.1, 0.15) is 56.1 Å². The van der Waals surface area contributed by atoms with Gasteiger partial charge in [-0.3, -0.25) is 4.79 Å². The monoisotopic (exact) mass is 423 g/mol. The summed E-state index contributed by atoms with van der Waals surface area (Å²) in [5.74, 6) is -0.697. The molecule has 5 heteroatoms. The van der Waals surface area contributed by atoms with Gasteiger partial charge in [-0.25, -0.2) is 4.79 Å². The van der Waals surface area contributed by atoms with E-state index in [0.717, 1.165) is 29.7 Å². The van der Waals surface area contributed by atoms with Crippen LogP contribution in [0.3, 0.4) is 0 Å². The molecule has 0 saturated heterocycles. The number of nitrogens with zero attached hydrogens (tertiary/aromatic N) is 1. The number of hydrogen-bond acceptors (Lipinski definition) is 3. The van der Waals surface area contributed by atoms with Crippen LogP contribution in [0.5, 0.6) is 0 Å². The van der Waals surface area contributed by atoms with Gasteiger partial charge in [0.2, 0.25) is 0 Å². The molecule has 0 spiro atoms. The zero-order valence-corrected chi connectivity index (χ0v) is 18.7. The van der Waals surface area contributed by atoms with Gasteiger partial charge in [0.25, 0.3) is 5.91 Å². The highest BCUT2D eigenvalue weighted by Gasteiger charge is 2.34. The van der Waals surface area contributed by atoms with Crippen molar-refractivity contribution in [2.75, 3.05) is 4.90 Å². The van der Waals surface area contributed by atoms with Gasteiger partial charge in [-0.1, -0.05) is 63.1 Å². The number of anilines is 1. The predicted octanol–water partition coefficient (Wildman–Crippen LogP) is 6.39. The summed E-state index contributed by atoms with van der Waals surface area (Å²) in [6, 6.07) is 11.3. The molecule has 1 aliphatic rings. The number of hydrogen-bond donors (Lipinski definition) is 1. The minimum atomic E-state index is -1.02. The van der Waals surface area contributed by atoms with Crippen molar-refractivity contribution in [3.05, 3.63) is 59.2 Å². The second-order valence-corrected chi connectivity index (χ2v) is 9.28. The first kappa shape index (κ1) is 22.1. The van der Waals surface area contributed by atoms with E-state index in [0.29, 0.717) is 17.2 Å². The smallest absolute Gasteiger partial charge is 0.348 e. The Labute approximate surface area is 182 Å². The maximum Gasteiger partial charge on any atom is 0.348 e. The van der Waals surface area contributed by atoms with E-state index in [1.54, 1.807) is 4.90 Å². The van der Waals surface area contributed by atoms with Crippen molar-refractivity contribution < 1.29 is 14.7 Å². The van der Waals surface area contributed by atoms with E-state index in [2.05, 4.69) is 19.2 Å². The molecule has 158 valence electrons. The second-order valence-electron chi connectivity index (χ2n) is 8.22. The van der Waals surface area contributed by atoms with E-state index >= 15 is 0 Å². The fraction of sp³-hybridized carbons (Fsp3) is 0.400. The third-order valence-electron chi connectivity index (χ3n) is 5.86. The van der Waals surface area contributed by atoms with E-state index < -0.39 is 5.97 Å². The van der Waals surface area contributed by atoms with Crippen LogP contribution in [-0.2, 0) is 4.79 Å². The number of amides is 1. The first-order valence-electron chi connectivity index (χ1n) is 10.5. The molecule has 0 bridgehead atoms. The molecule has 1 N–H and O–H groups in total. The summed E-state index contributed by atoms with van der Waals surface area (Å²) in [6.45, 7) is 9.81. The molecule has 1 saturated carbocycles. The SMILES string of the molecule is C=C=C(C(=O)N(c1cc(-c2ccccc2)sc1C(=O)O)C(C)C)C1CCCCC1C. The average molecular weight is 424 g/mol. The Bertz CT molecular complexity index is 970. The van der Waals surface area contributed by atoms with Gasteiger partial charge in [0, 0.05) is 10.9 Å². The minimum absolute atomic E-state index is 0.116. The molecule has 30 heavy (non-hydrogen) atoms. The van der Waals surface area contributed by atoms with Crippen LogP contribution < -0.4 is 4.90 Å². The summed E-state index contributed by atoms with van der Waals surface area (Å²) in [4.78, 5) is 28.3. The lowest BCUT2D eigenvalue weighted by Gasteiger charge is -2.33. The van der Waals surface area contributed by atoms with Crippen molar-refractivity contribution in [1.29, 1.82) is 0 Å². The molecular formula is C25H29NO3S. The van der Waals surface area contributed by atoms with Crippen LogP contribution in [0, 0.1) is 11.8 Å². The third kappa shape index (κ3) is 4.43. The molecule has 2 unspecified atom stereocenters. The van der Waals surface area contributed by atoms with Gasteiger partial charge in [0.1, 0.15) is 4.88 Å². The van der Waals surface area contributed by atoms with Gasteiger partial charge < -0.3 is 10.0 Å². The van der Waals surface area contributed by atoms with Crippen molar-refractivity contribution >= 4 is 28.9 Å². The van der Waals surface area contributed by atoms with Crippen LogP contribution >= 0.6 is 11.3 Å². The summed E-state index contributed by atoms with van der Waals surface area (Å²) in [5.41, 5.74) is 4.89. The zero-order valence-electron chi connectivity index (χ0n) is 17.9. The quantitative estimate of drug-likeness (QED) is 0.432. The highest BCUT2D eigenvalue weighted by Crippen LogP contribution is 2.40. The molecule has 2 aromatic rings. The summed E-state index contributed by atoms with van der Waals surface area (Å²) < 4.78 is 0. The van der Waals surface area contributed by atoms with Gasteiger partial charge in [0.05, 0.1) is 11.3 Å². The fourth-order valence-electron chi connectivity index (χ4n) is 4.32. The number of benzene rings is 1. The van der Waals surface area contributed by atoms with Gasteiger partial charge in [-0.2, -0.15) is 0 Å². The van der Waals surface area contributed by atoms with Crippen LogP contribution in [0.2, 0.25) is 0 Å². The van der Waals surface area contributed by atoms with Crippen molar-refractivity contribution in [2.45, 2.75) is 52.5 Å². The van der Waals surface area contributed by atoms with Crippen LogP contribution in [0.4, 0.5) is 5.69 Å². The Morgan fingerprint density at radius 1 is 1.20 bits per heavy atom. The van der Waals surface area contributed by atoms with Crippen LogP contribution in [0.25, 0.3) is 10.4 Å². The number of carbonyl (C=O) groups is 2. The molecule has 1 fully saturated rings. The number of carboxylic acid groups (broad SMARTS) is 1. The topological polar surface area (TPSA) is 57.6 Å². The maximum atomic E-state index is 13.7. The number of carboxylic acids is 1. The average Bonchev–Trinajstić information content (AvgIpc) is 3.15. The van der Waals surface area contributed by atoms with Crippen molar-refractivity contribution in [3.8, 4) is 10.4 Å². The van der Waals surface area contributed by atoms with E-state index in [1.165, 1.54) is 17.8 Å². The summed E-state index contributed by atoms with van der Waals surface area (Å²) in [6.07, 6.45) is 4.30. The molecule has 2 atom stereocenters. The Kier molecular flexibility index (Phi) is 6.96.